The van der Waals surface area contributed by atoms with Gasteiger partial charge in [0.1, 0.15) is 6.54 Å². The Bertz CT molecular complexity index is 782. The van der Waals surface area contributed by atoms with Gasteiger partial charge in [0.25, 0.3) is 5.91 Å². The van der Waals surface area contributed by atoms with Crippen molar-refractivity contribution in [3.63, 3.8) is 0 Å². The SMILES string of the molecule is COC(=O)CN(C(=O)c1ccc(-n2nc(C)c(Cl)c2C)cc1)C(C)C. The van der Waals surface area contributed by atoms with Crippen molar-refractivity contribution in [3.8, 4) is 5.69 Å². The first-order valence-electron chi connectivity index (χ1n) is 7.96. The van der Waals surface area contributed by atoms with Crippen molar-refractivity contribution < 1.29 is 14.3 Å². The molecule has 1 aromatic heterocycles. The van der Waals surface area contributed by atoms with Gasteiger partial charge in [-0.25, -0.2) is 4.68 Å². The fourth-order valence-electron chi connectivity index (χ4n) is 2.48. The minimum atomic E-state index is -0.448. The van der Waals surface area contributed by atoms with Gasteiger partial charge in [-0.1, -0.05) is 11.6 Å². The van der Waals surface area contributed by atoms with E-state index in [1.807, 2.05) is 27.7 Å². The number of carbonyl (C=O) groups excluding carboxylic acids is 2. The minimum absolute atomic E-state index is 0.0815. The van der Waals surface area contributed by atoms with E-state index in [-0.39, 0.29) is 18.5 Å². The molecule has 25 heavy (non-hydrogen) atoms. The second-order valence-corrected chi connectivity index (χ2v) is 6.42. The van der Waals surface area contributed by atoms with Crippen LogP contribution in [0.15, 0.2) is 24.3 Å². The van der Waals surface area contributed by atoms with E-state index in [1.165, 1.54) is 12.0 Å². The van der Waals surface area contributed by atoms with Crippen molar-refractivity contribution in [1.82, 2.24) is 14.7 Å². The van der Waals surface area contributed by atoms with Gasteiger partial charge in [0, 0.05) is 11.6 Å². The quantitative estimate of drug-likeness (QED) is 0.765. The predicted molar refractivity (Wildman–Crippen MR) is 96.2 cm³/mol. The highest BCUT2D eigenvalue weighted by atomic mass is 35.5. The van der Waals surface area contributed by atoms with Crippen molar-refractivity contribution in [2.24, 2.45) is 0 Å². The summed E-state index contributed by atoms with van der Waals surface area (Å²) in [4.78, 5) is 25.7. The van der Waals surface area contributed by atoms with Crippen molar-refractivity contribution in [1.29, 1.82) is 0 Å². The summed E-state index contributed by atoms with van der Waals surface area (Å²) in [5, 5.41) is 5.03. The monoisotopic (exact) mass is 363 g/mol. The number of aryl methyl sites for hydroxylation is 1. The molecule has 0 aliphatic heterocycles. The fraction of sp³-hybridized carbons (Fsp3) is 0.389. The molecule has 0 aliphatic carbocycles. The van der Waals surface area contributed by atoms with Gasteiger partial charge >= 0.3 is 5.97 Å². The number of hydrogen-bond acceptors (Lipinski definition) is 4. The van der Waals surface area contributed by atoms with Crippen molar-refractivity contribution in [2.45, 2.75) is 33.7 Å². The highest BCUT2D eigenvalue weighted by Crippen LogP contribution is 2.22. The van der Waals surface area contributed by atoms with E-state index < -0.39 is 5.97 Å². The molecule has 0 bridgehead atoms. The number of hydrogen-bond donors (Lipinski definition) is 0. The van der Waals surface area contributed by atoms with E-state index in [0.29, 0.717) is 10.6 Å². The molecule has 0 fully saturated rings. The Morgan fingerprint density at radius 2 is 1.84 bits per heavy atom. The Labute approximate surface area is 152 Å². The van der Waals surface area contributed by atoms with Gasteiger partial charge in [-0.15, -0.1) is 0 Å². The number of nitrogens with zero attached hydrogens (tertiary/aromatic N) is 3. The molecular weight excluding hydrogens is 342 g/mol. The summed E-state index contributed by atoms with van der Waals surface area (Å²) in [5.74, 6) is -0.672. The van der Waals surface area contributed by atoms with Crippen LogP contribution < -0.4 is 0 Å². The molecule has 1 heterocycles. The van der Waals surface area contributed by atoms with Crippen LogP contribution in [0.5, 0.6) is 0 Å². The highest BCUT2D eigenvalue weighted by Gasteiger charge is 2.22. The minimum Gasteiger partial charge on any atom is -0.468 e. The van der Waals surface area contributed by atoms with E-state index in [0.717, 1.165) is 17.1 Å². The van der Waals surface area contributed by atoms with Gasteiger partial charge in [0.15, 0.2) is 0 Å². The number of amides is 1. The largest absolute Gasteiger partial charge is 0.468 e. The third-order valence-corrected chi connectivity index (χ3v) is 4.52. The number of carbonyl (C=O) groups is 2. The lowest BCUT2D eigenvalue weighted by Crippen LogP contribution is -2.41. The maximum absolute atomic E-state index is 12.7. The molecular formula is C18H22ClN3O3. The number of ether oxygens (including phenoxy) is 1. The third-order valence-electron chi connectivity index (χ3n) is 3.97. The first-order chi connectivity index (χ1) is 11.8. The van der Waals surface area contributed by atoms with E-state index in [1.54, 1.807) is 28.9 Å². The highest BCUT2D eigenvalue weighted by molar-refractivity contribution is 6.31. The third kappa shape index (κ3) is 4.02. The molecule has 1 amide bonds. The molecule has 134 valence electrons. The second kappa shape index (κ2) is 7.70. The van der Waals surface area contributed by atoms with Gasteiger partial charge in [0.05, 0.1) is 29.2 Å². The van der Waals surface area contributed by atoms with E-state index in [2.05, 4.69) is 9.84 Å². The lowest BCUT2D eigenvalue weighted by atomic mass is 10.1. The maximum atomic E-state index is 12.7. The van der Waals surface area contributed by atoms with Crippen LogP contribution in [0.25, 0.3) is 5.69 Å². The van der Waals surface area contributed by atoms with Crippen LogP contribution in [0, 0.1) is 13.8 Å². The Morgan fingerprint density at radius 1 is 1.24 bits per heavy atom. The zero-order valence-corrected chi connectivity index (χ0v) is 15.8. The topological polar surface area (TPSA) is 64.4 Å². The molecule has 2 aromatic rings. The standard InChI is InChI=1S/C18H22ClN3O3/c1-11(2)21(10-16(23)25-5)18(24)14-6-8-15(9-7-14)22-13(4)17(19)12(3)20-22/h6-9,11H,10H2,1-5H3. The lowest BCUT2D eigenvalue weighted by Gasteiger charge is -2.25. The van der Waals surface area contributed by atoms with Gasteiger partial charge in [-0.3, -0.25) is 9.59 Å². The molecule has 1 aromatic carbocycles. The number of methoxy groups -OCH3 is 1. The average Bonchev–Trinajstić information content (AvgIpc) is 2.86. The van der Waals surface area contributed by atoms with Crippen LogP contribution in [-0.2, 0) is 9.53 Å². The predicted octanol–water partition coefficient (Wildman–Crippen LogP) is 3.17. The maximum Gasteiger partial charge on any atom is 0.325 e. The summed E-state index contributed by atoms with van der Waals surface area (Å²) in [6, 6.07) is 6.92. The van der Waals surface area contributed by atoms with Crippen LogP contribution in [0.1, 0.15) is 35.6 Å². The Morgan fingerprint density at radius 3 is 2.28 bits per heavy atom. The van der Waals surface area contributed by atoms with Crippen molar-refractivity contribution in [2.75, 3.05) is 13.7 Å². The summed E-state index contributed by atoms with van der Waals surface area (Å²) >= 11 is 6.18. The van der Waals surface area contributed by atoms with Crippen LogP contribution >= 0.6 is 11.6 Å². The van der Waals surface area contributed by atoms with E-state index in [9.17, 15) is 9.59 Å². The van der Waals surface area contributed by atoms with Crippen LogP contribution in [0.3, 0.4) is 0 Å². The second-order valence-electron chi connectivity index (χ2n) is 6.05. The van der Waals surface area contributed by atoms with Gasteiger partial charge in [-0.05, 0) is 52.0 Å². The molecule has 0 unspecified atom stereocenters. The molecule has 0 atom stereocenters. The summed E-state index contributed by atoms with van der Waals surface area (Å²) in [5.41, 5.74) is 2.90. The zero-order chi connectivity index (χ0) is 18.7. The Balaban J connectivity index is 2.27. The number of esters is 1. The number of halogens is 1. The first-order valence-corrected chi connectivity index (χ1v) is 8.34. The normalized spacial score (nSPS) is 10.8. The molecule has 0 saturated heterocycles. The first kappa shape index (κ1) is 19.0. The van der Waals surface area contributed by atoms with Crippen molar-refractivity contribution >= 4 is 23.5 Å². The molecule has 6 nitrogen and oxygen atoms in total. The zero-order valence-electron chi connectivity index (χ0n) is 15.0. The average molecular weight is 364 g/mol. The number of aromatic nitrogens is 2. The Kier molecular flexibility index (Phi) is 5.85. The molecule has 0 aliphatic rings. The molecule has 0 N–H and O–H groups in total. The number of rotatable bonds is 5. The molecule has 0 spiro atoms. The van der Waals surface area contributed by atoms with Gasteiger partial charge in [0.2, 0.25) is 0 Å². The van der Waals surface area contributed by atoms with E-state index in [4.69, 9.17) is 11.6 Å². The fourth-order valence-corrected chi connectivity index (χ4v) is 2.60. The lowest BCUT2D eigenvalue weighted by molar-refractivity contribution is -0.141. The summed E-state index contributed by atoms with van der Waals surface area (Å²) < 4.78 is 6.40. The molecule has 0 saturated carbocycles. The molecule has 2 rings (SSSR count). The smallest absolute Gasteiger partial charge is 0.325 e. The van der Waals surface area contributed by atoms with Crippen LogP contribution in [-0.4, -0.2) is 46.3 Å². The van der Waals surface area contributed by atoms with E-state index >= 15 is 0 Å². The van der Waals surface area contributed by atoms with Gasteiger partial charge < -0.3 is 9.64 Å². The van der Waals surface area contributed by atoms with Crippen molar-refractivity contribution in [3.05, 3.63) is 46.2 Å². The Hall–Kier alpha value is -2.34. The molecule has 0 radical (unpaired) electrons. The van der Waals surface area contributed by atoms with Gasteiger partial charge in [-0.2, -0.15) is 5.10 Å². The van der Waals surface area contributed by atoms with Crippen LogP contribution in [0.4, 0.5) is 0 Å². The summed E-state index contributed by atoms with van der Waals surface area (Å²) in [6.45, 7) is 7.36. The summed E-state index contributed by atoms with van der Waals surface area (Å²) in [6.07, 6.45) is 0. The number of benzene rings is 1. The van der Waals surface area contributed by atoms with Crippen LogP contribution in [0.2, 0.25) is 5.02 Å². The summed E-state index contributed by atoms with van der Waals surface area (Å²) in [7, 11) is 1.31. The molecule has 7 heteroatoms.